The summed E-state index contributed by atoms with van der Waals surface area (Å²) in [7, 11) is 2.01. The third kappa shape index (κ3) is 4.46. The zero-order valence-electron chi connectivity index (χ0n) is 12.4. The van der Waals surface area contributed by atoms with E-state index in [-0.39, 0.29) is 18.0 Å². The Balaban J connectivity index is 1.77. The van der Waals surface area contributed by atoms with E-state index in [1.165, 1.54) is 25.0 Å². The van der Waals surface area contributed by atoms with Gasteiger partial charge in [0.2, 0.25) is 0 Å². The second-order valence-electron chi connectivity index (χ2n) is 6.14. The van der Waals surface area contributed by atoms with Crippen LogP contribution in [0.25, 0.3) is 0 Å². The van der Waals surface area contributed by atoms with Crippen LogP contribution in [0.15, 0.2) is 24.3 Å². The van der Waals surface area contributed by atoms with Gasteiger partial charge >= 0.3 is 0 Å². The zero-order valence-corrected chi connectivity index (χ0v) is 12.4. The second kappa shape index (κ2) is 6.55. The lowest BCUT2D eigenvalue weighted by Gasteiger charge is -2.30. The molecule has 1 aliphatic carbocycles. The average Bonchev–Trinajstić information content (AvgIpc) is 3.23. The molecular formula is C16H25FN2O. The Morgan fingerprint density at radius 3 is 2.55 bits per heavy atom. The van der Waals surface area contributed by atoms with Gasteiger partial charge in [-0.1, -0.05) is 0 Å². The van der Waals surface area contributed by atoms with Gasteiger partial charge in [-0.15, -0.1) is 0 Å². The minimum absolute atomic E-state index is 0.170. The lowest BCUT2D eigenvalue weighted by Crippen LogP contribution is -2.47. The van der Waals surface area contributed by atoms with Crippen LogP contribution >= 0.6 is 0 Å². The van der Waals surface area contributed by atoms with Crippen LogP contribution in [0.4, 0.5) is 10.1 Å². The second-order valence-corrected chi connectivity index (χ2v) is 6.14. The van der Waals surface area contributed by atoms with Gasteiger partial charge < -0.3 is 15.3 Å². The molecule has 4 heteroatoms. The predicted octanol–water partition coefficient (Wildman–Crippen LogP) is 2.55. The third-order valence-corrected chi connectivity index (χ3v) is 3.97. The van der Waals surface area contributed by atoms with E-state index in [1.54, 1.807) is 12.1 Å². The molecule has 1 atom stereocenters. The molecule has 1 aliphatic rings. The van der Waals surface area contributed by atoms with Crippen LogP contribution in [0.2, 0.25) is 0 Å². The number of hydrogen-bond acceptors (Lipinski definition) is 3. The van der Waals surface area contributed by atoms with Crippen molar-refractivity contribution in [2.75, 3.05) is 25.1 Å². The smallest absolute Gasteiger partial charge is 0.123 e. The quantitative estimate of drug-likeness (QED) is 0.768. The first kappa shape index (κ1) is 15.3. The number of nitrogens with one attached hydrogen (secondary N) is 1. The Morgan fingerprint density at radius 2 is 2.00 bits per heavy atom. The van der Waals surface area contributed by atoms with Crippen molar-refractivity contribution in [2.45, 2.75) is 44.2 Å². The maximum absolute atomic E-state index is 12.9. The SMILES string of the molecule is CN(CCCC(C)(CO)NC1CC1)c1ccc(F)cc1. The highest BCUT2D eigenvalue weighted by atomic mass is 19.1. The summed E-state index contributed by atoms with van der Waals surface area (Å²) in [6.07, 6.45) is 4.38. The van der Waals surface area contributed by atoms with Crippen LogP contribution < -0.4 is 10.2 Å². The molecule has 1 aromatic carbocycles. The van der Waals surface area contributed by atoms with Crippen molar-refractivity contribution in [3.05, 3.63) is 30.1 Å². The Kier molecular flexibility index (Phi) is 5.00. The number of aliphatic hydroxyl groups excluding tert-OH is 1. The number of nitrogens with zero attached hydrogens (tertiary/aromatic N) is 1. The normalized spacial score (nSPS) is 17.8. The van der Waals surface area contributed by atoms with Crippen molar-refractivity contribution in [2.24, 2.45) is 0 Å². The van der Waals surface area contributed by atoms with Gasteiger partial charge in [0.15, 0.2) is 0 Å². The first-order valence-corrected chi connectivity index (χ1v) is 7.38. The highest BCUT2D eigenvalue weighted by molar-refractivity contribution is 5.45. The fourth-order valence-electron chi connectivity index (χ4n) is 2.45. The number of rotatable bonds is 8. The molecule has 112 valence electrons. The topological polar surface area (TPSA) is 35.5 Å². The molecule has 20 heavy (non-hydrogen) atoms. The Labute approximate surface area is 120 Å². The molecule has 0 radical (unpaired) electrons. The summed E-state index contributed by atoms with van der Waals surface area (Å²) in [5.74, 6) is -0.205. The minimum atomic E-state index is -0.205. The summed E-state index contributed by atoms with van der Waals surface area (Å²) in [6.45, 7) is 3.15. The molecule has 2 rings (SSSR count). The third-order valence-electron chi connectivity index (χ3n) is 3.97. The van der Waals surface area contributed by atoms with E-state index in [0.717, 1.165) is 25.1 Å². The highest BCUT2D eigenvalue weighted by Crippen LogP contribution is 2.25. The molecule has 0 bridgehead atoms. The summed E-state index contributed by atoms with van der Waals surface area (Å²) < 4.78 is 12.9. The van der Waals surface area contributed by atoms with Crippen LogP contribution in [0.3, 0.4) is 0 Å². The Bertz CT molecular complexity index is 419. The zero-order chi connectivity index (χ0) is 14.6. The van der Waals surface area contributed by atoms with E-state index < -0.39 is 0 Å². The van der Waals surface area contributed by atoms with Crippen LogP contribution in [-0.4, -0.2) is 36.9 Å². The van der Waals surface area contributed by atoms with Crippen molar-refractivity contribution < 1.29 is 9.50 Å². The van der Waals surface area contributed by atoms with Gasteiger partial charge in [0.25, 0.3) is 0 Å². The van der Waals surface area contributed by atoms with Crippen molar-refractivity contribution >= 4 is 5.69 Å². The van der Waals surface area contributed by atoms with E-state index in [0.29, 0.717) is 6.04 Å². The lowest BCUT2D eigenvalue weighted by molar-refractivity contribution is 0.162. The predicted molar refractivity (Wildman–Crippen MR) is 80.6 cm³/mol. The maximum atomic E-state index is 12.9. The van der Waals surface area contributed by atoms with E-state index >= 15 is 0 Å². The van der Waals surface area contributed by atoms with E-state index in [1.807, 2.05) is 7.05 Å². The van der Waals surface area contributed by atoms with Crippen LogP contribution in [-0.2, 0) is 0 Å². The highest BCUT2D eigenvalue weighted by Gasteiger charge is 2.31. The number of halogens is 1. The maximum Gasteiger partial charge on any atom is 0.123 e. The van der Waals surface area contributed by atoms with Gasteiger partial charge in [0, 0.05) is 30.9 Å². The first-order chi connectivity index (χ1) is 9.52. The molecule has 2 N–H and O–H groups in total. The number of hydrogen-bond donors (Lipinski definition) is 2. The molecule has 1 unspecified atom stereocenters. The van der Waals surface area contributed by atoms with Gasteiger partial charge in [-0.25, -0.2) is 4.39 Å². The van der Waals surface area contributed by atoms with Gasteiger partial charge in [0.05, 0.1) is 6.61 Å². The molecule has 1 saturated carbocycles. The summed E-state index contributed by atoms with van der Waals surface area (Å²) in [6, 6.07) is 7.16. The molecule has 0 aliphatic heterocycles. The van der Waals surface area contributed by atoms with Crippen LogP contribution in [0, 0.1) is 5.82 Å². The molecule has 0 heterocycles. The monoisotopic (exact) mass is 280 g/mol. The average molecular weight is 280 g/mol. The molecule has 0 saturated heterocycles. The number of aliphatic hydroxyl groups is 1. The van der Waals surface area contributed by atoms with Crippen LogP contribution in [0.1, 0.15) is 32.6 Å². The van der Waals surface area contributed by atoms with E-state index in [9.17, 15) is 9.50 Å². The van der Waals surface area contributed by atoms with Crippen molar-refractivity contribution in [3.8, 4) is 0 Å². The molecule has 0 spiro atoms. The number of benzene rings is 1. The lowest BCUT2D eigenvalue weighted by atomic mass is 9.96. The van der Waals surface area contributed by atoms with Crippen LogP contribution in [0.5, 0.6) is 0 Å². The summed E-state index contributed by atoms with van der Waals surface area (Å²) >= 11 is 0. The van der Waals surface area contributed by atoms with Gasteiger partial charge in [-0.05, 0) is 56.9 Å². The molecule has 0 amide bonds. The van der Waals surface area contributed by atoms with E-state index in [2.05, 4.69) is 17.1 Å². The number of anilines is 1. The standard InChI is InChI=1S/C16H25FN2O/c1-16(12-20,18-14-6-7-14)10-3-11-19(2)15-8-4-13(17)5-9-15/h4-5,8-9,14,18,20H,3,6-7,10-12H2,1-2H3. The molecule has 1 aromatic rings. The van der Waals surface area contributed by atoms with Gasteiger partial charge in [-0.2, -0.15) is 0 Å². The fraction of sp³-hybridized carbons (Fsp3) is 0.625. The van der Waals surface area contributed by atoms with Crippen molar-refractivity contribution in [1.82, 2.24) is 5.32 Å². The minimum Gasteiger partial charge on any atom is -0.394 e. The van der Waals surface area contributed by atoms with Gasteiger partial charge in [-0.3, -0.25) is 0 Å². The molecule has 3 nitrogen and oxygen atoms in total. The fourth-order valence-corrected chi connectivity index (χ4v) is 2.45. The van der Waals surface area contributed by atoms with Gasteiger partial charge in [0.1, 0.15) is 5.82 Å². The molecular weight excluding hydrogens is 255 g/mol. The molecule has 0 aromatic heterocycles. The first-order valence-electron chi connectivity index (χ1n) is 7.38. The molecule has 1 fully saturated rings. The Hall–Kier alpha value is -1.13. The van der Waals surface area contributed by atoms with Crippen molar-refractivity contribution in [3.63, 3.8) is 0 Å². The van der Waals surface area contributed by atoms with E-state index in [4.69, 9.17) is 0 Å². The summed E-state index contributed by atoms with van der Waals surface area (Å²) in [5.41, 5.74) is 0.845. The summed E-state index contributed by atoms with van der Waals surface area (Å²) in [5, 5.41) is 13.1. The summed E-state index contributed by atoms with van der Waals surface area (Å²) in [4.78, 5) is 2.12. The largest absolute Gasteiger partial charge is 0.394 e. The Morgan fingerprint density at radius 1 is 1.35 bits per heavy atom. The van der Waals surface area contributed by atoms with Crippen molar-refractivity contribution in [1.29, 1.82) is 0 Å².